The Morgan fingerprint density at radius 1 is 1.10 bits per heavy atom. The highest BCUT2D eigenvalue weighted by Crippen LogP contribution is 2.36. The summed E-state index contributed by atoms with van der Waals surface area (Å²) in [5, 5.41) is 5.86. The van der Waals surface area contributed by atoms with Crippen molar-refractivity contribution in [3.63, 3.8) is 0 Å². The molecule has 1 amide bonds. The Labute approximate surface area is 227 Å². The minimum atomic E-state index is -4.46. The molecule has 11 nitrogen and oxygen atoms in total. The van der Waals surface area contributed by atoms with E-state index in [2.05, 4.69) is 35.6 Å². The molecule has 14 heteroatoms. The second-order valence-electron chi connectivity index (χ2n) is 8.74. The van der Waals surface area contributed by atoms with E-state index >= 15 is 0 Å². The number of imidazole rings is 1. The Balaban J connectivity index is 1.69. The molecule has 0 aliphatic carbocycles. The van der Waals surface area contributed by atoms with Crippen LogP contribution in [-0.4, -0.2) is 64.2 Å². The standard InChI is InChI=1S/C26H27F3N8O3/c1-14(34-20(38)13-39-2)11-33-25-31-9-8-18(35-25)22-21(16-10-19(40-3)23(30)32-12-16)36-24(37-22)15-4-6-17(7-5-15)26(27,28)29/h4-10,12,14H,11,13H2,1-3H3,(H2,30,32)(H,34,38)(H,36,37)(H,31,33,35). The number of nitrogens with two attached hydrogens (primary N) is 1. The van der Waals surface area contributed by atoms with Gasteiger partial charge in [0.25, 0.3) is 0 Å². The van der Waals surface area contributed by atoms with Crippen LogP contribution >= 0.6 is 0 Å². The Morgan fingerprint density at radius 3 is 2.52 bits per heavy atom. The van der Waals surface area contributed by atoms with Crippen LogP contribution in [0.2, 0.25) is 0 Å². The van der Waals surface area contributed by atoms with Gasteiger partial charge >= 0.3 is 6.18 Å². The number of rotatable bonds is 10. The van der Waals surface area contributed by atoms with Crippen molar-refractivity contribution >= 4 is 17.7 Å². The Bertz CT molecular complexity index is 1480. The number of anilines is 2. The molecule has 4 rings (SSSR count). The zero-order valence-corrected chi connectivity index (χ0v) is 21.8. The van der Waals surface area contributed by atoms with Gasteiger partial charge in [-0.3, -0.25) is 4.79 Å². The topological polar surface area (TPSA) is 153 Å². The first-order valence-electron chi connectivity index (χ1n) is 12.0. The number of alkyl halides is 3. The SMILES string of the molecule is COCC(=O)NC(C)CNc1nccc(-c2[nH]c(-c3ccc(C(F)(F)F)cc3)nc2-c2cnc(N)c(OC)c2)n1. The molecule has 0 spiro atoms. The largest absolute Gasteiger partial charge is 0.493 e. The molecular formula is C26H27F3N8O3. The van der Waals surface area contributed by atoms with Crippen LogP contribution in [0.15, 0.2) is 48.8 Å². The number of pyridine rings is 1. The number of halogens is 3. The second-order valence-corrected chi connectivity index (χ2v) is 8.74. The summed E-state index contributed by atoms with van der Waals surface area (Å²) in [4.78, 5) is 32.6. The number of nitrogens with one attached hydrogen (secondary N) is 3. The smallest absolute Gasteiger partial charge is 0.416 e. The molecule has 0 aliphatic rings. The molecule has 40 heavy (non-hydrogen) atoms. The lowest BCUT2D eigenvalue weighted by Crippen LogP contribution is -2.39. The average molecular weight is 557 g/mol. The summed E-state index contributed by atoms with van der Waals surface area (Å²) in [6.45, 7) is 2.10. The number of ether oxygens (including phenoxy) is 2. The van der Waals surface area contributed by atoms with Crippen LogP contribution in [0, 0.1) is 0 Å². The third-order valence-corrected chi connectivity index (χ3v) is 5.73. The van der Waals surface area contributed by atoms with Crippen molar-refractivity contribution in [2.24, 2.45) is 0 Å². The summed E-state index contributed by atoms with van der Waals surface area (Å²) in [7, 11) is 2.89. The molecule has 210 valence electrons. The molecule has 0 bridgehead atoms. The molecular weight excluding hydrogens is 529 g/mol. The Morgan fingerprint density at radius 2 is 1.85 bits per heavy atom. The van der Waals surface area contributed by atoms with Crippen molar-refractivity contribution in [1.29, 1.82) is 0 Å². The van der Waals surface area contributed by atoms with E-state index in [1.54, 1.807) is 18.3 Å². The molecule has 1 unspecified atom stereocenters. The highest BCUT2D eigenvalue weighted by atomic mass is 19.4. The van der Waals surface area contributed by atoms with E-state index in [0.717, 1.165) is 12.1 Å². The zero-order chi connectivity index (χ0) is 28.9. The Kier molecular flexibility index (Phi) is 8.48. The first kappa shape index (κ1) is 28.3. The maximum absolute atomic E-state index is 13.1. The number of benzene rings is 1. The predicted molar refractivity (Wildman–Crippen MR) is 142 cm³/mol. The quantitative estimate of drug-likeness (QED) is 0.229. The summed E-state index contributed by atoms with van der Waals surface area (Å²) in [5.74, 6) is 0.868. The van der Waals surface area contributed by atoms with Gasteiger partial charge in [-0.1, -0.05) is 12.1 Å². The summed E-state index contributed by atoms with van der Waals surface area (Å²) >= 11 is 0. The average Bonchev–Trinajstić information content (AvgIpc) is 3.38. The number of H-pyrrole nitrogens is 1. The van der Waals surface area contributed by atoms with Crippen molar-refractivity contribution in [2.75, 3.05) is 38.4 Å². The van der Waals surface area contributed by atoms with Gasteiger partial charge < -0.3 is 30.8 Å². The molecule has 0 saturated carbocycles. The number of carbonyl (C=O) groups is 1. The molecule has 0 saturated heterocycles. The number of hydrogen-bond donors (Lipinski definition) is 4. The van der Waals surface area contributed by atoms with Crippen LogP contribution in [0.5, 0.6) is 5.75 Å². The molecule has 3 heterocycles. The molecule has 5 N–H and O–H groups in total. The number of carbonyl (C=O) groups excluding carboxylic acids is 1. The van der Waals surface area contributed by atoms with Crippen LogP contribution in [-0.2, 0) is 15.7 Å². The third kappa shape index (κ3) is 6.64. The van der Waals surface area contributed by atoms with Crippen LogP contribution in [0.25, 0.3) is 34.0 Å². The van der Waals surface area contributed by atoms with Crippen LogP contribution < -0.4 is 21.1 Å². The summed E-state index contributed by atoms with van der Waals surface area (Å²) in [6.07, 6.45) is -1.40. The lowest BCUT2D eigenvalue weighted by Gasteiger charge is -2.14. The van der Waals surface area contributed by atoms with Gasteiger partial charge in [0, 0.05) is 43.2 Å². The molecule has 3 aromatic heterocycles. The van der Waals surface area contributed by atoms with E-state index in [0.29, 0.717) is 46.3 Å². The fourth-order valence-electron chi connectivity index (χ4n) is 3.80. The van der Waals surface area contributed by atoms with Crippen molar-refractivity contribution in [1.82, 2.24) is 30.2 Å². The summed E-state index contributed by atoms with van der Waals surface area (Å²) < 4.78 is 49.4. The van der Waals surface area contributed by atoms with Gasteiger partial charge in [-0.15, -0.1) is 0 Å². The van der Waals surface area contributed by atoms with Gasteiger partial charge in [0.1, 0.15) is 18.1 Å². The third-order valence-electron chi connectivity index (χ3n) is 5.73. The molecule has 0 radical (unpaired) electrons. The number of aromatic amines is 1. The van der Waals surface area contributed by atoms with E-state index < -0.39 is 11.7 Å². The lowest BCUT2D eigenvalue weighted by molar-refractivity contribution is -0.137. The minimum absolute atomic E-state index is 0.0506. The highest BCUT2D eigenvalue weighted by Gasteiger charge is 2.30. The molecule has 0 fully saturated rings. The number of aromatic nitrogens is 5. The first-order chi connectivity index (χ1) is 19.1. The van der Waals surface area contributed by atoms with Crippen molar-refractivity contribution in [2.45, 2.75) is 19.1 Å². The van der Waals surface area contributed by atoms with Crippen molar-refractivity contribution in [3.8, 4) is 39.8 Å². The van der Waals surface area contributed by atoms with E-state index in [4.69, 9.17) is 15.2 Å². The van der Waals surface area contributed by atoms with Gasteiger partial charge in [0.2, 0.25) is 11.9 Å². The Hall–Kier alpha value is -4.72. The summed E-state index contributed by atoms with van der Waals surface area (Å²) in [6, 6.07) is 7.73. The monoisotopic (exact) mass is 556 g/mol. The van der Waals surface area contributed by atoms with Gasteiger partial charge in [-0.05, 0) is 31.2 Å². The molecule has 4 aromatic rings. The number of amides is 1. The summed E-state index contributed by atoms with van der Waals surface area (Å²) in [5.41, 5.74) is 7.42. The lowest BCUT2D eigenvalue weighted by atomic mass is 10.1. The number of methoxy groups -OCH3 is 2. The van der Waals surface area contributed by atoms with Crippen molar-refractivity contribution < 1.29 is 27.4 Å². The first-order valence-corrected chi connectivity index (χ1v) is 12.0. The number of nitrogen functional groups attached to an aromatic ring is 1. The van der Waals surface area contributed by atoms with Gasteiger partial charge in [0.05, 0.1) is 24.1 Å². The maximum Gasteiger partial charge on any atom is 0.416 e. The normalized spacial score (nSPS) is 12.2. The maximum atomic E-state index is 13.1. The van der Waals surface area contributed by atoms with Crippen LogP contribution in [0.3, 0.4) is 0 Å². The van der Waals surface area contributed by atoms with E-state index in [-0.39, 0.29) is 30.3 Å². The van der Waals surface area contributed by atoms with E-state index in [1.807, 2.05) is 6.92 Å². The van der Waals surface area contributed by atoms with Crippen LogP contribution in [0.4, 0.5) is 24.9 Å². The fourth-order valence-corrected chi connectivity index (χ4v) is 3.80. The highest BCUT2D eigenvalue weighted by molar-refractivity contribution is 5.81. The minimum Gasteiger partial charge on any atom is -0.493 e. The predicted octanol–water partition coefficient (Wildman–Crippen LogP) is 3.77. The van der Waals surface area contributed by atoms with Gasteiger partial charge in [0.15, 0.2) is 11.6 Å². The fraction of sp³-hybridized carbons (Fsp3) is 0.269. The molecule has 1 aromatic carbocycles. The second kappa shape index (κ2) is 12.0. The molecule has 1 atom stereocenters. The molecule has 0 aliphatic heterocycles. The van der Waals surface area contributed by atoms with Gasteiger partial charge in [-0.2, -0.15) is 13.2 Å². The van der Waals surface area contributed by atoms with Crippen LogP contribution in [0.1, 0.15) is 12.5 Å². The van der Waals surface area contributed by atoms with Crippen molar-refractivity contribution in [3.05, 3.63) is 54.4 Å². The zero-order valence-electron chi connectivity index (χ0n) is 21.8. The number of nitrogens with zero attached hydrogens (tertiary/aromatic N) is 4. The van der Waals surface area contributed by atoms with E-state index in [1.165, 1.54) is 32.5 Å². The van der Waals surface area contributed by atoms with Gasteiger partial charge in [-0.25, -0.2) is 19.9 Å². The number of hydrogen-bond acceptors (Lipinski definition) is 9. The van der Waals surface area contributed by atoms with E-state index in [9.17, 15) is 18.0 Å².